The molecule has 2 N–H and O–H groups in total. The fourth-order valence-electron chi connectivity index (χ4n) is 3.22. The van der Waals surface area contributed by atoms with Gasteiger partial charge < -0.3 is 15.1 Å². The molecule has 29 heavy (non-hydrogen) atoms. The first kappa shape index (κ1) is 22.5. The van der Waals surface area contributed by atoms with Crippen LogP contribution in [0.2, 0.25) is 0 Å². The van der Waals surface area contributed by atoms with Gasteiger partial charge in [0, 0.05) is 32.7 Å². The van der Waals surface area contributed by atoms with Gasteiger partial charge in [-0.05, 0) is 42.6 Å². The van der Waals surface area contributed by atoms with Crippen LogP contribution in [0.5, 0.6) is 0 Å². The van der Waals surface area contributed by atoms with Crippen molar-refractivity contribution in [3.8, 4) is 0 Å². The Morgan fingerprint density at radius 2 is 1.41 bits per heavy atom. The van der Waals surface area contributed by atoms with E-state index in [1.807, 2.05) is 6.07 Å². The highest BCUT2D eigenvalue weighted by atomic mass is 19.1. The van der Waals surface area contributed by atoms with Crippen molar-refractivity contribution in [3.05, 3.63) is 71.5 Å². The van der Waals surface area contributed by atoms with Gasteiger partial charge in [0.2, 0.25) is 0 Å². The van der Waals surface area contributed by atoms with Crippen LogP contribution in [-0.4, -0.2) is 64.7 Å². The van der Waals surface area contributed by atoms with Crippen molar-refractivity contribution >= 4 is 11.9 Å². The summed E-state index contributed by atoms with van der Waals surface area (Å²) < 4.78 is 13.2. The molecule has 0 radical (unpaired) electrons. The Hall–Kier alpha value is -2.77. The van der Waals surface area contributed by atoms with E-state index in [2.05, 4.69) is 40.1 Å². The number of piperazine rings is 1. The van der Waals surface area contributed by atoms with Gasteiger partial charge in [0.25, 0.3) is 0 Å². The molecule has 0 spiro atoms. The number of benzene rings is 2. The van der Waals surface area contributed by atoms with Crippen molar-refractivity contribution < 1.29 is 24.2 Å². The Kier molecular flexibility index (Phi) is 9.27. The topological polar surface area (TPSA) is 81.1 Å². The van der Waals surface area contributed by atoms with Gasteiger partial charge in [0.05, 0.1) is 0 Å². The van der Waals surface area contributed by atoms with Crippen LogP contribution in [0.1, 0.15) is 17.5 Å². The fraction of sp³-hybridized carbons (Fsp3) is 0.364. The van der Waals surface area contributed by atoms with Crippen molar-refractivity contribution in [2.45, 2.75) is 19.4 Å². The van der Waals surface area contributed by atoms with Crippen molar-refractivity contribution in [1.29, 1.82) is 0 Å². The van der Waals surface area contributed by atoms with E-state index >= 15 is 0 Å². The molecule has 0 amide bonds. The van der Waals surface area contributed by atoms with Gasteiger partial charge in [-0.25, -0.2) is 14.0 Å². The third kappa shape index (κ3) is 8.85. The van der Waals surface area contributed by atoms with Crippen molar-refractivity contribution in [2.24, 2.45) is 0 Å². The van der Waals surface area contributed by atoms with Gasteiger partial charge >= 0.3 is 11.9 Å². The number of rotatable bonds is 6. The first-order chi connectivity index (χ1) is 13.9. The van der Waals surface area contributed by atoms with E-state index in [-0.39, 0.29) is 5.82 Å². The Morgan fingerprint density at radius 3 is 2.00 bits per heavy atom. The molecule has 0 bridgehead atoms. The summed E-state index contributed by atoms with van der Waals surface area (Å²) >= 11 is 0. The van der Waals surface area contributed by atoms with Crippen LogP contribution >= 0.6 is 0 Å². The van der Waals surface area contributed by atoms with Crippen LogP contribution in [-0.2, 0) is 22.6 Å². The molecule has 7 heteroatoms. The summed E-state index contributed by atoms with van der Waals surface area (Å²) in [7, 11) is 0. The summed E-state index contributed by atoms with van der Waals surface area (Å²) in [4.78, 5) is 23.2. The maximum Gasteiger partial charge on any atom is 0.414 e. The van der Waals surface area contributed by atoms with Crippen molar-refractivity contribution in [2.75, 3.05) is 32.7 Å². The van der Waals surface area contributed by atoms with E-state index in [4.69, 9.17) is 19.8 Å². The number of carboxylic acids is 2. The van der Waals surface area contributed by atoms with Gasteiger partial charge in [-0.1, -0.05) is 42.5 Å². The second-order valence-corrected chi connectivity index (χ2v) is 6.95. The minimum atomic E-state index is -1.82. The number of aryl methyl sites for hydroxylation is 1. The predicted molar refractivity (Wildman–Crippen MR) is 108 cm³/mol. The standard InChI is InChI=1S/C20H25FN2.C2H2O4/c21-20-10-4-8-19(16-20)17-23-14-12-22(13-15-23)11-5-9-18-6-2-1-3-7-18;3-1(4)2(5)6/h1-4,6-8,10,16H,5,9,11-15,17H2;(H,3,4)(H,5,6). The lowest BCUT2D eigenvalue weighted by Gasteiger charge is -2.34. The number of carboxylic acid groups (broad SMARTS) is 2. The summed E-state index contributed by atoms with van der Waals surface area (Å²) in [6.45, 7) is 6.40. The van der Waals surface area contributed by atoms with Gasteiger partial charge in [-0.2, -0.15) is 0 Å². The van der Waals surface area contributed by atoms with Crippen LogP contribution in [0, 0.1) is 5.82 Å². The highest BCUT2D eigenvalue weighted by Crippen LogP contribution is 2.11. The molecule has 0 aliphatic carbocycles. The Balaban J connectivity index is 0.000000438. The zero-order chi connectivity index (χ0) is 21.1. The van der Waals surface area contributed by atoms with E-state index in [0.717, 1.165) is 44.7 Å². The molecule has 3 rings (SSSR count). The van der Waals surface area contributed by atoms with Gasteiger partial charge in [0.1, 0.15) is 5.82 Å². The summed E-state index contributed by atoms with van der Waals surface area (Å²) in [6.07, 6.45) is 2.37. The van der Waals surface area contributed by atoms with E-state index in [9.17, 15) is 4.39 Å². The average molecular weight is 402 g/mol. The second-order valence-electron chi connectivity index (χ2n) is 6.95. The van der Waals surface area contributed by atoms with Gasteiger partial charge in [-0.3, -0.25) is 4.90 Å². The molecule has 2 aromatic rings. The number of aliphatic carboxylic acids is 2. The van der Waals surface area contributed by atoms with E-state index in [1.54, 1.807) is 12.1 Å². The van der Waals surface area contributed by atoms with Crippen molar-refractivity contribution in [1.82, 2.24) is 9.80 Å². The second kappa shape index (κ2) is 11.9. The predicted octanol–water partition coefficient (Wildman–Crippen LogP) is 2.73. The van der Waals surface area contributed by atoms with Crippen LogP contribution in [0.4, 0.5) is 4.39 Å². The number of nitrogens with zero attached hydrogens (tertiary/aromatic N) is 2. The molecule has 0 saturated carbocycles. The maximum atomic E-state index is 13.2. The number of hydrogen-bond donors (Lipinski definition) is 2. The molecule has 0 aromatic heterocycles. The Bertz CT molecular complexity index is 765. The number of halogens is 1. The fourth-order valence-corrected chi connectivity index (χ4v) is 3.22. The zero-order valence-electron chi connectivity index (χ0n) is 16.3. The third-order valence-corrected chi connectivity index (χ3v) is 4.73. The SMILES string of the molecule is Fc1cccc(CN2CCN(CCCc3ccccc3)CC2)c1.O=C(O)C(=O)O. The lowest BCUT2D eigenvalue weighted by Crippen LogP contribution is -2.46. The molecular formula is C22H27FN2O4. The first-order valence-electron chi connectivity index (χ1n) is 9.63. The molecule has 2 aromatic carbocycles. The lowest BCUT2D eigenvalue weighted by atomic mass is 10.1. The monoisotopic (exact) mass is 402 g/mol. The van der Waals surface area contributed by atoms with E-state index in [1.165, 1.54) is 24.6 Å². The number of hydrogen-bond acceptors (Lipinski definition) is 4. The Labute approximate surface area is 170 Å². The molecule has 6 nitrogen and oxygen atoms in total. The number of carbonyl (C=O) groups is 2. The zero-order valence-corrected chi connectivity index (χ0v) is 16.3. The average Bonchev–Trinajstić information content (AvgIpc) is 2.71. The normalized spacial score (nSPS) is 14.7. The van der Waals surface area contributed by atoms with Crippen molar-refractivity contribution in [3.63, 3.8) is 0 Å². The minimum absolute atomic E-state index is 0.137. The molecule has 156 valence electrons. The van der Waals surface area contributed by atoms with Crippen LogP contribution in [0.25, 0.3) is 0 Å². The molecule has 1 aliphatic heterocycles. The summed E-state index contributed by atoms with van der Waals surface area (Å²) in [5, 5.41) is 14.8. The highest BCUT2D eigenvalue weighted by Gasteiger charge is 2.16. The minimum Gasteiger partial charge on any atom is -0.473 e. The molecule has 0 atom stereocenters. The molecule has 1 fully saturated rings. The third-order valence-electron chi connectivity index (χ3n) is 4.73. The maximum absolute atomic E-state index is 13.2. The lowest BCUT2D eigenvalue weighted by molar-refractivity contribution is -0.159. The molecule has 1 saturated heterocycles. The quantitative estimate of drug-likeness (QED) is 0.723. The van der Waals surface area contributed by atoms with Crippen LogP contribution < -0.4 is 0 Å². The molecule has 1 heterocycles. The summed E-state index contributed by atoms with van der Waals surface area (Å²) in [5.41, 5.74) is 2.50. The van der Waals surface area contributed by atoms with E-state index < -0.39 is 11.9 Å². The first-order valence-corrected chi connectivity index (χ1v) is 9.63. The Morgan fingerprint density at radius 1 is 0.828 bits per heavy atom. The van der Waals surface area contributed by atoms with Gasteiger partial charge in [0.15, 0.2) is 0 Å². The molecular weight excluding hydrogens is 375 g/mol. The largest absolute Gasteiger partial charge is 0.473 e. The smallest absolute Gasteiger partial charge is 0.414 e. The molecule has 0 unspecified atom stereocenters. The van der Waals surface area contributed by atoms with E-state index in [0.29, 0.717) is 0 Å². The summed E-state index contributed by atoms with van der Waals surface area (Å²) in [6, 6.07) is 17.7. The summed E-state index contributed by atoms with van der Waals surface area (Å²) in [5.74, 6) is -3.79. The van der Waals surface area contributed by atoms with Crippen LogP contribution in [0.3, 0.4) is 0 Å². The van der Waals surface area contributed by atoms with Gasteiger partial charge in [-0.15, -0.1) is 0 Å². The molecule has 1 aliphatic rings. The van der Waals surface area contributed by atoms with Crippen LogP contribution in [0.15, 0.2) is 54.6 Å². The highest BCUT2D eigenvalue weighted by molar-refractivity contribution is 6.27.